The van der Waals surface area contributed by atoms with Gasteiger partial charge in [-0.05, 0) is 17.7 Å². The molecule has 0 spiro atoms. The highest BCUT2D eigenvalue weighted by Gasteiger charge is 2.14. The van der Waals surface area contributed by atoms with E-state index in [4.69, 9.17) is 27.9 Å². The van der Waals surface area contributed by atoms with Gasteiger partial charge in [-0.3, -0.25) is 0 Å². The summed E-state index contributed by atoms with van der Waals surface area (Å²) in [5, 5.41) is -0.418. The Morgan fingerprint density at radius 2 is 1.68 bits per heavy atom. The van der Waals surface area contributed by atoms with Crippen LogP contribution in [0.1, 0.15) is 15.9 Å². The minimum absolute atomic E-state index is 0.118. The highest BCUT2D eigenvalue weighted by molar-refractivity contribution is 6.35. The van der Waals surface area contributed by atoms with Crippen LogP contribution in [0.4, 0.5) is 4.39 Å². The molecule has 98 valence electrons. The SMILES string of the molecule is O=C(OCc1ccccc1)c1cc(Cl)c(F)c(Cl)c1. The highest BCUT2D eigenvalue weighted by Crippen LogP contribution is 2.25. The maximum atomic E-state index is 13.2. The normalized spacial score (nSPS) is 10.3. The molecule has 2 aromatic rings. The van der Waals surface area contributed by atoms with Crippen molar-refractivity contribution in [2.24, 2.45) is 0 Å². The number of carbonyl (C=O) groups excluding carboxylic acids is 1. The first kappa shape index (κ1) is 13.8. The molecule has 0 atom stereocenters. The van der Waals surface area contributed by atoms with Crippen molar-refractivity contribution >= 4 is 29.2 Å². The van der Waals surface area contributed by atoms with Crippen LogP contribution in [-0.4, -0.2) is 5.97 Å². The van der Waals surface area contributed by atoms with Crippen LogP contribution in [0.3, 0.4) is 0 Å². The second-order valence-electron chi connectivity index (χ2n) is 3.82. The van der Waals surface area contributed by atoms with E-state index in [1.807, 2.05) is 30.3 Å². The number of hydrogen-bond donors (Lipinski definition) is 0. The number of halogens is 3. The van der Waals surface area contributed by atoms with E-state index < -0.39 is 11.8 Å². The molecule has 19 heavy (non-hydrogen) atoms. The first-order chi connectivity index (χ1) is 9.08. The molecule has 0 aliphatic carbocycles. The maximum absolute atomic E-state index is 13.2. The summed E-state index contributed by atoms with van der Waals surface area (Å²) in [5.74, 6) is -1.35. The summed E-state index contributed by atoms with van der Waals surface area (Å²) in [5.41, 5.74) is 0.975. The molecule has 0 aliphatic heterocycles. The fourth-order valence-corrected chi connectivity index (χ4v) is 1.97. The summed E-state index contributed by atoms with van der Waals surface area (Å²) < 4.78 is 18.3. The molecule has 0 saturated heterocycles. The molecule has 2 rings (SSSR count). The van der Waals surface area contributed by atoms with Crippen LogP contribution in [-0.2, 0) is 11.3 Å². The van der Waals surface area contributed by atoms with Gasteiger partial charge in [-0.15, -0.1) is 0 Å². The summed E-state index contributed by atoms with van der Waals surface area (Å²) in [6.07, 6.45) is 0. The number of hydrogen-bond acceptors (Lipinski definition) is 2. The Morgan fingerprint density at radius 1 is 1.11 bits per heavy atom. The predicted molar refractivity (Wildman–Crippen MR) is 72.0 cm³/mol. The quantitative estimate of drug-likeness (QED) is 0.616. The van der Waals surface area contributed by atoms with E-state index in [-0.39, 0.29) is 22.2 Å². The molecule has 0 unspecified atom stereocenters. The zero-order chi connectivity index (χ0) is 13.8. The standard InChI is InChI=1S/C14H9Cl2FO2/c15-11-6-10(7-12(16)13(11)17)14(18)19-8-9-4-2-1-3-5-9/h1-7H,8H2. The van der Waals surface area contributed by atoms with Gasteiger partial charge in [0.1, 0.15) is 6.61 Å². The maximum Gasteiger partial charge on any atom is 0.338 e. The third kappa shape index (κ3) is 3.46. The smallest absolute Gasteiger partial charge is 0.338 e. The van der Waals surface area contributed by atoms with Gasteiger partial charge in [0.15, 0.2) is 5.82 Å². The van der Waals surface area contributed by atoms with Gasteiger partial charge in [0.05, 0.1) is 15.6 Å². The molecule has 0 amide bonds. The molecule has 0 aliphatic rings. The zero-order valence-electron chi connectivity index (χ0n) is 9.70. The van der Waals surface area contributed by atoms with E-state index in [0.29, 0.717) is 0 Å². The van der Waals surface area contributed by atoms with Crippen molar-refractivity contribution < 1.29 is 13.9 Å². The predicted octanol–water partition coefficient (Wildman–Crippen LogP) is 4.49. The second kappa shape index (κ2) is 6.04. The third-order valence-electron chi connectivity index (χ3n) is 2.43. The van der Waals surface area contributed by atoms with E-state index in [1.54, 1.807) is 0 Å². The lowest BCUT2D eigenvalue weighted by Crippen LogP contribution is -2.05. The summed E-state index contributed by atoms with van der Waals surface area (Å²) >= 11 is 11.2. The Kier molecular flexibility index (Phi) is 4.40. The van der Waals surface area contributed by atoms with Crippen molar-refractivity contribution in [3.05, 3.63) is 69.5 Å². The number of benzene rings is 2. The first-order valence-electron chi connectivity index (χ1n) is 5.43. The average Bonchev–Trinajstić information content (AvgIpc) is 2.42. The Labute approximate surface area is 119 Å². The molecule has 2 aromatic carbocycles. The van der Waals surface area contributed by atoms with Gasteiger partial charge in [0.2, 0.25) is 0 Å². The Hall–Kier alpha value is -1.58. The highest BCUT2D eigenvalue weighted by atomic mass is 35.5. The molecule has 0 heterocycles. The van der Waals surface area contributed by atoms with Crippen LogP contribution < -0.4 is 0 Å². The Balaban J connectivity index is 2.08. The second-order valence-corrected chi connectivity index (χ2v) is 4.63. The van der Waals surface area contributed by atoms with E-state index >= 15 is 0 Å². The Bertz CT molecular complexity index is 577. The first-order valence-corrected chi connectivity index (χ1v) is 6.19. The average molecular weight is 299 g/mol. The molecule has 0 bridgehead atoms. The van der Waals surface area contributed by atoms with Crippen molar-refractivity contribution in [2.75, 3.05) is 0 Å². The molecule has 5 heteroatoms. The van der Waals surface area contributed by atoms with Gasteiger partial charge in [0.25, 0.3) is 0 Å². The zero-order valence-corrected chi connectivity index (χ0v) is 11.2. The molecule has 2 nitrogen and oxygen atoms in total. The van der Waals surface area contributed by atoms with E-state index in [1.165, 1.54) is 12.1 Å². The number of carbonyl (C=O) groups is 1. The molecule has 0 fully saturated rings. The summed E-state index contributed by atoms with van der Waals surface area (Å²) in [7, 11) is 0. The summed E-state index contributed by atoms with van der Waals surface area (Å²) in [4.78, 5) is 11.8. The topological polar surface area (TPSA) is 26.3 Å². The molecular formula is C14H9Cl2FO2. The molecular weight excluding hydrogens is 290 g/mol. The molecule has 0 saturated carbocycles. The van der Waals surface area contributed by atoms with Crippen molar-refractivity contribution in [2.45, 2.75) is 6.61 Å². The number of rotatable bonds is 3. The van der Waals surface area contributed by atoms with Gasteiger partial charge in [-0.1, -0.05) is 53.5 Å². The van der Waals surface area contributed by atoms with Crippen molar-refractivity contribution in [3.63, 3.8) is 0 Å². The molecule has 0 N–H and O–H groups in total. The minimum atomic E-state index is -0.747. The lowest BCUT2D eigenvalue weighted by Gasteiger charge is -2.06. The minimum Gasteiger partial charge on any atom is -0.457 e. The van der Waals surface area contributed by atoms with Crippen molar-refractivity contribution in [1.82, 2.24) is 0 Å². The van der Waals surface area contributed by atoms with Crippen LogP contribution in [0.5, 0.6) is 0 Å². The van der Waals surface area contributed by atoms with E-state index in [9.17, 15) is 9.18 Å². The van der Waals surface area contributed by atoms with Crippen LogP contribution in [0, 0.1) is 5.82 Å². The third-order valence-corrected chi connectivity index (χ3v) is 2.98. The Morgan fingerprint density at radius 3 is 2.26 bits per heavy atom. The van der Waals surface area contributed by atoms with Gasteiger partial charge in [-0.2, -0.15) is 0 Å². The monoisotopic (exact) mass is 298 g/mol. The van der Waals surface area contributed by atoms with E-state index in [0.717, 1.165) is 5.56 Å². The fraction of sp³-hybridized carbons (Fsp3) is 0.0714. The van der Waals surface area contributed by atoms with Crippen LogP contribution >= 0.6 is 23.2 Å². The molecule has 0 radical (unpaired) electrons. The van der Waals surface area contributed by atoms with Crippen molar-refractivity contribution in [1.29, 1.82) is 0 Å². The van der Waals surface area contributed by atoms with Crippen molar-refractivity contribution in [3.8, 4) is 0 Å². The summed E-state index contributed by atoms with van der Waals surface area (Å²) in [6, 6.07) is 11.6. The van der Waals surface area contributed by atoms with Crippen LogP contribution in [0.15, 0.2) is 42.5 Å². The van der Waals surface area contributed by atoms with E-state index in [2.05, 4.69) is 0 Å². The van der Waals surface area contributed by atoms with Gasteiger partial charge >= 0.3 is 5.97 Å². The lowest BCUT2D eigenvalue weighted by molar-refractivity contribution is 0.0472. The summed E-state index contributed by atoms with van der Waals surface area (Å²) in [6.45, 7) is 0.131. The fourth-order valence-electron chi connectivity index (χ4n) is 1.48. The van der Waals surface area contributed by atoms with Gasteiger partial charge in [0, 0.05) is 0 Å². The number of esters is 1. The van der Waals surface area contributed by atoms with Crippen LogP contribution in [0.2, 0.25) is 10.0 Å². The lowest BCUT2D eigenvalue weighted by atomic mass is 10.2. The van der Waals surface area contributed by atoms with Gasteiger partial charge < -0.3 is 4.74 Å². The van der Waals surface area contributed by atoms with Crippen LogP contribution in [0.25, 0.3) is 0 Å². The van der Waals surface area contributed by atoms with Gasteiger partial charge in [-0.25, -0.2) is 9.18 Å². The largest absolute Gasteiger partial charge is 0.457 e. The number of ether oxygens (including phenoxy) is 1. The molecule has 0 aromatic heterocycles.